The van der Waals surface area contributed by atoms with Gasteiger partial charge in [-0.1, -0.05) is 39.3 Å². The number of benzene rings is 2. The van der Waals surface area contributed by atoms with E-state index in [1.807, 2.05) is 12.1 Å². The standard InChI is InChI=1S/C29H39N3O7S/c1-29(2,3)20-10-12-24(38-4)21(17-20)27(33)30-14-13-18-9-11-25(39-5)26(15-18)40(36,37)32-22-8-6-7-19(22)16-23(32)28(34)31-35/h9-12,15,17,19,22-23,35H,6-8,13-14,16H2,1-5H3,(H,30,33)(H,31,34)/t19-,22-,23-/m1/s1. The van der Waals surface area contributed by atoms with Crippen molar-refractivity contribution in [1.82, 2.24) is 15.1 Å². The van der Waals surface area contributed by atoms with Crippen molar-refractivity contribution in [3.05, 3.63) is 53.1 Å². The summed E-state index contributed by atoms with van der Waals surface area (Å²) < 4.78 is 40.0. The first-order valence-electron chi connectivity index (χ1n) is 13.5. The first-order chi connectivity index (χ1) is 18.9. The Morgan fingerprint density at radius 2 is 1.75 bits per heavy atom. The number of hydroxylamine groups is 1. The van der Waals surface area contributed by atoms with E-state index in [-0.39, 0.29) is 40.5 Å². The fourth-order valence-electron chi connectivity index (χ4n) is 5.85. The monoisotopic (exact) mass is 573 g/mol. The van der Waals surface area contributed by atoms with E-state index in [1.54, 1.807) is 23.7 Å². The molecular weight excluding hydrogens is 534 g/mol. The predicted molar refractivity (Wildman–Crippen MR) is 149 cm³/mol. The van der Waals surface area contributed by atoms with Crippen LogP contribution >= 0.6 is 0 Å². The number of nitrogens with one attached hydrogen (secondary N) is 2. The molecule has 40 heavy (non-hydrogen) atoms. The van der Waals surface area contributed by atoms with Crippen LogP contribution in [0.5, 0.6) is 11.5 Å². The van der Waals surface area contributed by atoms with Gasteiger partial charge in [-0.15, -0.1) is 0 Å². The Hall–Kier alpha value is -3.15. The molecule has 10 nitrogen and oxygen atoms in total. The van der Waals surface area contributed by atoms with E-state index in [0.29, 0.717) is 36.1 Å². The first kappa shape index (κ1) is 29.8. The molecule has 11 heteroatoms. The van der Waals surface area contributed by atoms with E-state index in [1.165, 1.54) is 24.6 Å². The Morgan fingerprint density at radius 3 is 2.40 bits per heavy atom. The van der Waals surface area contributed by atoms with Crippen molar-refractivity contribution >= 4 is 21.8 Å². The Labute approximate surface area is 236 Å². The van der Waals surface area contributed by atoms with Crippen LogP contribution < -0.4 is 20.3 Å². The van der Waals surface area contributed by atoms with Crippen molar-refractivity contribution in [2.45, 2.75) is 75.3 Å². The summed E-state index contributed by atoms with van der Waals surface area (Å²) >= 11 is 0. The van der Waals surface area contributed by atoms with E-state index in [9.17, 15) is 23.2 Å². The molecule has 0 radical (unpaired) electrons. The smallest absolute Gasteiger partial charge is 0.261 e. The molecule has 2 aromatic rings. The molecule has 0 bridgehead atoms. The molecule has 218 valence electrons. The summed E-state index contributed by atoms with van der Waals surface area (Å²) in [5.41, 5.74) is 3.61. The van der Waals surface area contributed by atoms with Gasteiger partial charge in [0.15, 0.2) is 0 Å². The highest BCUT2D eigenvalue weighted by Crippen LogP contribution is 2.45. The van der Waals surface area contributed by atoms with Crippen molar-refractivity contribution < 1.29 is 32.7 Å². The average Bonchev–Trinajstić information content (AvgIpc) is 3.53. The van der Waals surface area contributed by atoms with Gasteiger partial charge in [0.25, 0.3) is 11.8 Å². The maximum absolute atomic E-state index is 14.0. The van der Waals surface area contributed by atoms with Crippen molar-refractivity contribution in [3.63, 3.8) is 0 Å². The highest BCUT2D eigenvalue weighted by Gasteiger charge is 2.52. The lowest BCUT2D eigenvalue weighted by molar-refractivity contribution is -0.132. The van der Waals surface area contributed by atoms with Gasteiger partial charge >= 0.3 is 0 Å². The van der Waals surface area contributed by atoms with Crippen molar-refractivity contribution in [2.75, 3.05) is 20.8 Å². The Kier molecular flexibility index (Phi) is 8.77. The molecular formula is C29H39N3O7S. The van der Waals surface area contributed by atoms with Gasteiger partial charge < -0.3 is 14.8 Å². The molecule has 1 aliphatic carbocycles. The van der Waals surface area contributed by atoms with Crippen LogP contribution in [0.1, 0.15) is 67.9 Å². The molecule has 0 aromatic heterocycles. The minimum Gasteiger partial charge on any atom is -0.496 e. The van der Waals surface area contributed by atoms with Crippen molar-refractivity contribution in [1.29, 1.82) is 0 Å². The molecule has 0 spiro atoms. The maximum Gasteiger partial charge on any atom is 0.261 e. The van der Waals surface area contributed by atoms with Gasteiger partial charge in [0.2, 0.25) is 10.0 Å². The summed E-state index contributed by atoms with van der Waals surface area (Å²) in [6.45, 7) is 6.47. The van der Waals surface area contributed by atoms with E-state index in [0.717, 1.165) is 18.4 Å². The zero-order chi connectivity index (χ0) is 29.2. The molecule has 2 fully saturated rings. The molecule has 1 saturated carbocycles. The highest BCUT2D eigenvalue weighted by molar-refractivity contribution is 7.89. The Balaban J connectivity index is 1.55. The second-order valence-corrected chi connectivity index (χ2v) is 13.3. The number of ether oxygens (including phenoxy) is 2. The third-order valence-electron chi connectivity index (χ3n) is 7.98. The zero-order valence-corrected chi connectivity index (χ0v) is 24.5. The van der Waals surface area contributed by atoms with Crippen LogP contribution in [0.15, 0.2) is 41.3 Å². The van der Waals surface area contributed by atoms with Crippen molar-refractivity contribution in [3.8, 4) is 11.5 Å². The van der Waals surface area contributed by atoms with E-state index in [4.69, 9.17) is 9.47 Å². The third kappa shape index (κ3) is 5.82. The van der Waals surface area contributed by atoms with Gasteiger partial charge in [0.05, 0.1) is 19.8 Å². The molecule has 3 atom stereocenters. The molecule has 1 aliphatic heterocycles. The van der Waals surface area contributed by atoms with E-state index >= 15 is 0 Å². The summed E-state index contributed by atoms with van der Waals surface area (Å²) in [7, 11) is -1.23. The topological polar surface area (TPSA) is 134 Å². The molecule has 3 N–H and O–H groups in total. The summed E-state index contributed by atoms with van der Waals surface area (Å²) in [6, 6.07) is 9.14. The van der Waals surface area contributed by atoms with Crippen LogP contribution in [0, 0.1) is 5.92 Å². The molecule has 2 aromatic carbocycles. The number of hydrogen-bond acceptors (Lipinski definition) is 7. The Bertz CT molecular complexity index is 1370. The number of rotatable bonds is 9. The highest BCUT2D eigenvalue weighted by atomic mass is 32.2. The van der Waals surface area contributed by atoms with Crippen LogP contribution in [-0.2, 0) is 26.7 Å². The molecule has 2 aliphatic rings. The maximum atomic E-state index is 14.0. The third-order valence-corrected chi connectivity index (χ3v) is 9.94. The fourth-order valence-corrected chi connectivity index (χ4v) is 7.94. The molecule has 0 unspecified atom stereocenters. The molecule has 4 rings (SSSR count). The SMILES string of the molecule is COc1ccc(C(C)(C)C)cc1C(=O)NCCc1ccc(OC)c(S(=O)(=O)N2[C@@H](C(=O)NO)C[C@H]3CCC[C@H]32)c1. The first-order valence-corrected chi connectivity index (χ1v) is 15.0. The number of fused-ring (bicyclic) bond motifs is 1. The zero-order valence-electron chi connectivity index (χ0n) is 23.7. The summed E-state index contributed by atoms with van der Waals surface area (Å²) in [4.78, 5) is 25.5. The predicted octanol–water partition coefficient (Wildman–Crippen LogP) is 3.41. The Morgan fingerprint density at radius 1 is 1.05 bits per heavy atom. The second-order valence-electron chi connectivity index (χ2n) is 11.5. The fraction of sp³-hybridized carbons (Fsp3) is 0.517. The largest absolute Gasteiger partial charge is 0.496 e. The van der Waals surface area contributed by atoms with E-state index < -0.39 is 22.0 Å². The van der Waals surface area contributed by atoms with Gasteiger partial charge in [-0.25, -0.2) is 13.9 Å². The number of carbonyl (C=O) groups excluding carboxylic acids is 2. The van der Waals surface area contributed by atoms with Crippen molar-refractivity contribution in [2.24, 2.45) is 5.92 Å². The summed E-state index contributed by atoms with van der Waals surface area (Å²) in [6.07, 6.45) is 3.12. The normalized spacial score (nSPS) is 21.1. The summed E-state index contributed by atoms with van der Waals surface area (Å²) in [5.74, 6) is -0.315. The van der Waals surface area contributed by atoms with Gasteiger partial charge in [0.1, 0.15) is 22.4 Å². The number of nitrogens with zero attached hydrogens (tertiary/aromatic N) is 1. The number of carbonyl (C=O) groups is 2. The lowest BCUT2D eigenvalue weighted by Gasteiger charge is -2.28. The number of hydrogen-bond donors (Lipinski definition) is 3. The molecule has 1 saturated heterocycles. The quantitative estimate of drug-likeness (QED) is 0.309. The number of amides is 2. The van der Waals surface area contributed by atoms with Gasteiger partial charge in [-0.05, 0) is 72.4 Å². The minimum absolute atomic E-state index is 0.0401. The van der Waals surface area contributed by atoms with Crippen LogP contribution in [0.2, 0.25) is 0 Å². The van der Waals surface area contributed by atoms with Crippen LogP contribution in [0.4, 0.5) is 0 Å². The van der Waals surface area contributed by atoms with Gasteiger partial charge in [0, 0.05) is 12.6 Å². The minimum atomic E-state index is -4.14. The van der Waals surface area contributed by atoms with Crippen LogP contribution in [-0.4, -0.2) is 62.6 Å². The van der Waals surface area contributed by atoms with Crippen LogP contribution in [0.3, 0.4) is 0 Å². The number of methoxy groups -OCH3 is 2. The van der Waals surface area contributed by atoms with Gasteiger partial charge in [-0.2, -0.15) is 4.31 Å². The molecule has 2 amide bonds. The molecule has 1 heterocycles. The summed E-state index contributed by atoms with van der Waals surface area (Å²) in [5, 5.41) is 12.2. The van der Waals surface area contributed by atoms with Crippen LogP contribution in [0.25, 0.3) is 0 Å². The average molecular weight is 574 g/mol. The lowest BCUT2D eigenvalue weighted by atomic mass is 9.86. The van der Waals surface area contributed by atoms with E-state index in [2.05, 4.69) is 26.1 Å². The number of sulfonamides is 1. The van der Waals surface area contributed by atoms with Gasteiger partial charge in [-0.3, -0.25) is 14.8 Å². The lowest BCUT2D eigenvalue weighted by Crippen LogP contribution is -2.48. The second kappa shape index (κ2) is 11.8.